The highest BCUT2D eigenvalue weighted by Crippen LogP contribution is 2.41. The van der Waals surface area contributed by atoms with Crippen LogP contribution in [-0.2, 0) is 15.7 Å². The Morgan fingerprint density at radius 3 is 2.36 bits per heavy atom. The normalized spacial score (nSPS) is 26.0. The number of carbonyl (C=O) groups is 1. The van der Waals surface area contributed by atoms with Gasteiger partial charge in [-0.15, -0.1) is 0 Å². The van der Waals surface area contributed by atoms with Crippen LogP contribution in [0, 0.1) is 0 Å². The summed E-state index contributed by atoms with van der Waals surface area (Å²) in [5, 5.41) is 9.74. The van der Waals surface area contributed by atoms with E-state index in [1.165, 1.54) is 11.3 Å². The molecule has 2 fully saturated rings. The van der Waals surface area contributed by atoms with Crippen LogP contribution in [0.15, 0.2) is 12.1 Å². The number of amides is 1. The Kier molecular flexibility index (Phi) is 4.66. The summed E-state index contributed by atoms with van der Waals surface area (Å²) >= 11 is 0. The van der Waals surface area contributed by atoms with Crippen LogP contribution >= 0.6 is 0 Å². The van der Waals surface area contributed by atoms with Gasteiger partial charge in [0.1, 0.15) is 5.75 Å². The maximum atomic E-state index is 11.9. The third-order valence-corrected chi connectivity index (χ3v) is 6.83. The number of hydrogen-bond donors (Lipinski definition) is 1. The summed E-state index contributed by atoms with van der Waals surface area (Å²) in [7, 11) is -0.525. The Morgan fingerprint density at radius 1 is 1.18 bits per heavy atom. The molecule has 3 aliphatic rings. The van der Waals surface area contributed by atoms with E-state index in [2.05, 4.69) is 0 Å². The molecule has 1 atom stereocenters. The molecule has 28 heavy (non-hydrogen) atoms. The smallest absolute Gasteiger partial charge is 0.490 e. The van der Waals surface area contributed by atoms with Crippen molar-refractivity contribution in [3.63, 3.8) is 0 Å². The van der Waals surface area contributed by atoms with E-state index in [9.17, 15) is 9.90 Å². The molecular formula is C21H30BNO5. The fraction of sp³-hybridized carbons (Fsp3) is 0.667. The fourth-order valence-electron chi connectivity index (χ4n) is 4.06. The average Bonchev–Trinajstić information content (AvgIpc) is 2.77. The molecule has 0 spiro atoms. The molecule has 0 radical (unpaired) electrons. The topological polar surface area (TPSA) is 68.2 Å². The number of hydrogen-bond acceptors (Lipinski definition) is 4. The first-order chi connectivity index (χ1) is 13.1. The largest absolute Gasteiger partial charge is 0.498 e. The summed E-state index contributed by atoms with van der Waals surface area (Å²) in [5.41, 5.74) is 1.66. The van der Waals surface area contributed by atoms with E-state index in [0.717, 1.165) is 48.1 Å². The minimum atomic E-state index is -0.925. The second kappa shape index (κ2) is 6.66. The highest BCUT2D eigenvalue weighted by molar-refractivity contribution is 6.63. The number of rotatable bonds is 3. The number of fused-ring (bicyclic) bond motifs is 1. The lowest BCUT2D eigenvalue weighted by Gasteiger charge is -2.36. The van der Waals surface area contributed by atoms with Crippen LogP contribution < -0.4 is 15.1 Å². The van der Waals surface area contributed by atoms with Gasteiger partial charge in [-0.2, -0.15) is 0 Å². The van der Waals surface area contributed by atoms with Crippen molar-refractivity contribution in [2.45, 2.75) is 90.1 Å². The third kappa shape index (κ3) is 3.09. The first-order valence-corrected chi connectivity index (χ1v) is 10.3. The quantitative estimate of drug-likeness (QED) is 0.801. The lowest BCUT2D eigenvalue weighted by molar-refractivity contribution is 0.00578. The molecule has 0 bridgehead atoms. The van der Waals surface area contributed by atoms with E-state index in [0.29, 0.717) is 0 Å². The molecule has 1 saturated carbocycles. The number of carboxylic acid groups (broad SMARTS) is 1. The molecule has 4 rings (SSSR count). The lowest BCUT2D eigenvalue weighted by atomic mass is 9.75. The summed E-state index contributed by atoms with van der Waals surface area (Å²) in [6.45, 7) is 10.1. The van der Waals surface area contributed by atoms with Gasteiger partial charge in [-0.1, -0.05) is 6.07 Å². The van der Waals surface area contributed by atoms with Crippen LogP contribution in [-0.4, -0.2) is 41.7 Å². The minimum Gasteiger partial charge on any atom is -0.490 e. The highest BCUT2D eigenvalue weighted by atomic mass is 16.7. The van der Waals surface area contributed by atoms with Crippen molar-refractivity contribution < 1.29 is 23.9 Å². The van der Waals surface area contributed by atoms with Gasteiger partial charge in [0.05, 0.1) is 23.0 Å². The third-order valence-electron chi connectivity index (χ3n) is 6.83. The number of nitrogens with zero attached hydrogens (tertiary/aromatic N) is 1. The van der Waals surface area contributed by atoms with Gasteiger partial charge in [0.15, 0.2) is 0 Å². The molecule has 1 aromatic rings. The van der Waals surface area contributed by atoms with Crippen molar-refractivity contribution in [3.8, 4) is 5.75 Å². The van der Waals surface area contributed by atoms with E-state index in [1.54, 1.807) is 0 Å². The lowest BCUT2D eigenvalue weighted by Crippen LogP contribution is -2.43. The van der Waals surface area contributed by atoms with Crippen molar-refractivity contribution >= 4 is 24.4 Å². The van der Waals surface area contributed by atoms with Gasteiger partial charge in [-0.05, 0) is 72.8 Å². The maximum Gasteiger partial charge on any atom is 0.498 e. The van der Waals surface area contributed by atoms with E-state index in [1.807, 2.05) is 46.8 Å². The van der Waals surface area contributed by atoms with Crippen LogP contribution in [0.3, 0.4) is 0 Å². The first kappa shape index (κ1) is 19.6. The molecule has 152 valence electrons. The number of anilines is 1. The summed E-state index contributed by atoms with van der Waals surface area (Å²) < 4.78 is 19.0. The second-order valence-electron chi connectivity index (χ2n) is 9.28. The zero-order chi connectivity index (χ0) is 20.3. The molecule has 0 unspecified atom stereocenters. The number of benzene rings is 1. The molecule has 1 saturated heterocycles. The van der Waals surface area contributed by atoms with E-state index >= 15 is 0 Å². The van der Waals surface area contributed by atoms with Crippen molar-refractivity contribution in [2.75, 3.05) is 4.90 Å². The predicted octanol–water partition coefficient (Wildman–Crippen LogP) is 3.74. The zero-order valence-corrected chi connectivity index (χ0v) is 17.4. The Bertz CT molecular complexity index is 773. The molecule has 2 heterocycles. The minimum absolute atomic E-state index is 0.0516. The Hall–Kier alpha value is -1.73. The molecule has 1 aromatic carbocycles. The van der Waals surface area contributed by atoms with E-state index in [4.69, 9.17) is 14.0 Å². The Balaban J connectivity index is 1.78. The molecule has 0 aromatic heterocycles. The molecule has 1 N–H and O–H groups in total. The SMILES string of the molecule is C[C@H]1CCc2c(ccc(B3OC(C)(C)C(C)(C)O3)c2OC2CCC2)N1C(=O)O. The summed E-state index contributed by atoms with van der Waals surface area (Å²) in [6, 6.07) is 3.75. The van der Waals surface area contributed by atoms with Gasteiger partial charge in [0.2, 0.25) is 0 Å². The first-order valence-electron chi connectivity index (χ1n) is 10.3. The summed E-state index contributed by atoms with van der Waals surface area (Å²) in [5.74, 6) is 0.763. The average molecular weight is 387 g/mol. The van der Waals surface area contributed by atoms with Crippen LogP contribution in [0.25, 0.3) is 0 Å². The van der Waals surface area contributed by atoms with Gasteiger partial charge in [0, 0.05) is 17.1 Å². The van der Waals surface area contributed by atoms with E-state index < -0.39 is 24.4 Å². The summed E-state index contributed by atoms with van der Waals surface area (Å²) in [4.78, 5) is 13.3. The molecule has 1 aliphatic carbocycles. The van der Waals surface area contributed by atoms with Gasteiger partial charge in [0.25, 0.3) is 0 Å². The predicted molar refractivity (Wildman–Crippen MR) is 109 cm³/mol. The maximum absolute atomic E-state index is 11.9. The zero-order valence-electron chi connectivity index (χ0n) is 17.4. The summed E-state index contributed by atoms with van der Waals surface area (Å²) in [6.07, 6.45) is 4.06. The van der Waals surface area contributed by atoms with Gasteiger partial charge in [-0.3, -0.25) is 4.90 Å². The van der Waals surface area contributed by atoms with Gasteiger partial charge >= 0.3 is 13.2 Å². The van der Waals surface area contributed by atoms with Crippen LogP contribution in [0.1, 0.15) is 65.9 Å². The molecule has 2 aliphatic heterocycles. The highest BCUT2D eigenvalue weighted by Gasteiger charge is 2.53. The van der Waals surface area contributed by atoms with Crippen LogP contribution in [0.5, 0.6) is 5.75 Å². The second-order valence-corrected chi connectivity index (χ2v) is 9.28. The molecule has 1 amide bonds. The fourth-order valence-corrected chi connectivity index (χ4v) is 4.06. The monoisotopic (exact) mass is 387 g/mol. The Morgan fingerprint density at radius 2 is 1.82 bits per heavy atom. The van der Waals surface area contributed by atoms with Crippen molar-refractivity contribution in [1.82, 2.24) is 0 Å². The standard InChI is InChI=1S/C21H30BNO5/c1-13-9-10-15-17(23(13)19(24)25)12-11-16(18(15)26-14-7-6-8-14)22-27-20(2,3)21(4,5)28-22/h11-14H,6-10H2,1-5H3,(H,24,25)/t13-/m0/s1. The van der Waals surface area contributed by atoms with Crippen LogP contribution in [0.2, 0.25) is 0 Å². The Labute approximate surface area is 167 Å². The van der Waals surface area contributed by atoms with E-state index in [-0.39, 0.29) is 12.1 Å². The molecular weight excluding hydrogens is 357 g/mol. The van der Waals surface area contributed by atoms with Crippen molar-refractivity contribution in [2.24, 2.45) is 0 Å². The van der Waals surface area contributed by atoms with Gasteiger partial charge in [-0.25, -0.2) is 4.79 Å². The van der Waals surface area contributed by atoms with Gasteiger partial charge < -0.3 is 19.2 Å². The molecule has 6 nitrogen and oxygen atoms in total. The van der Waals surface area contributed by atoms with Crippen molar-refractivity contribution in [1.29, 1.82) is 0 Å². The molecule has 7 heteroatoms. The van der Waals surface area contributed by atoms with Crippen molar-refractivity contribution in [3.05, 3.63) is 17.7 Å². The number of ether oxygens (including phenoxy) is 1. The van der Waals surface area contributed by atoms with Crippen LogP contribution in [0.4, 0.5) is 10.5 Å².